The Hall–Kier alpha value is -3.66. The van der Waals surface area contributed by atoms with Crippen molar-refractivity contribution in [2.45, 2.75) is 6.61 Å². The van der Waals surface area contributed by atoms with Crippen LogP contribution in [0.5, 0.6) is 0 Å². The zero-order valence-corrected chi connectivity index (χ0v) is 15.7. The largest absolute Gasteiger partial charge is 0.389 e. The average Bonchev–Trinajstić information content (AvgIpc) is 3.36. The van der Waals surface area contributed by atoms with Gasteiger partial charge in [0, 0.05) is 18.0 Å². The number of nitrogens with zero attached hydrogens (tertiary/aromatic N) is 7. The summed E-state index contributed by atoms with van der Waals surface area (Å²) in [6.45, 7) is 0.162. The summed E-state index contributed by atoms with van der Waals surface area (Å²) in [4.78, 5) is 14.4. The van der Waals surface area contributed by atoms with Crippen LogP contribution in [0.25, 0.3) is 10.6 Å². The molecule has 0 radical (unpaired) electrons. The summed E-state index contributed by atoms with van der Waals surface area (Å²) in [6, 6.07) is 15.3. The number of aromatic nitrogens is 6. The van der Waals surface area contributed by atoms with Crippen molar-refractivity contribution < 1.29 is 4.84 Å². The molecule has 0 unspecified atom stereocenters. The number of pyridine rings is 1. The second-order valence-corrected chi connectivity index (χ2v) is 6.66. The van der Waals surface area contributed by atoms with E-state index in [1.807, 2.05) is 47.8 Å². The van der Waals surface area contributed by atoms with Gasteiger partial charge in [0.2, 0.25) is 5.82 Å². The molecule has 0 aliphatic heterocycles. The molecule has 0 amide bonds. The van der Waals surface area contributed by atoms with Gasteiger partial charge in [-0.05, 0) is 22.6 Å². The maximum atomic E-state index is 5.70. The number of hydrogen-bond acceptors (Lipinski definition) is 9. The highest BCUT2D eigenvalue weighted by atomic mass is 32.1. The molecule has 0 bridgehead atoms. The van der Waals surface area contributed by atoms with E-state index in [9.17, 15) is 0 Å². The van der Waals surface area contributed by atoms with Crippen LogP contribution in [0.2, 0.25) is 0 Å². The third-order valence-electron chi connectivity index (χ3n) is 3.80. The van der Waals surface area contributed by atoms with Gasteiger partial charge in [0.25, 0.3) is 0 Å². The number of anilines is 1. The van der Waals surface area contributed by atoms with Crippen LogP contribution in [0.3, 0.4) is 0 Å². The van der Waals surface area contributed by atoms with Crippen LogP contribution >= 0.6 is 11.3 Å². The Morgan fingerprint density at radius 2 is 2.00 bits per heavy atom. The van der Waals surface area contributed by atoms with Crippen molar-refractivity contribution in [2.75, 3.05) is 5.73 Å². The Morgan fingerprint density at radius 3 is 2.75 bits per heavy atom. The monoisotopic (exact) mass is 392 g/mol. The quantitative estimate of drug-likeness (QED) is 0.395. The molecular formula is C18H16N8OS. The molecule has 0 spiro atoms. The van der Waals surface area contributed by atoms with Crippen LogP contribution in [0.4, 0.5) is 5.82 Å². The number of tetrazole rings is 1. The van der Waals surface area contributed by atoms with E-state index < -0.39 is 0 Å². The van der Waals surface area contributed by atoms with Gasteiger partial charge >= 0.3 is 0 Å². The first kappa shape index (κ1) is 17.7. The third-order valence-corrected chi connectivity index (χ3v) is 4.69. The highest BCUT2D eigenvalue weighted by molar-refractivity contribution is 7.13. The molecule has 9 nitrogen and oxygen atoms in total. The minimum atomic E-state index is 0.162. The zero-order chi connectivity index (χ0) is 19.3. The normalized spacial score (nSPS) is 11.5. The highest BCUT2D eigenvalue weighted by Crippen LogP contribution is 2.24. The smallest absolute Gasteiger partial charge is 0.206 e. The predicted octanol–water partition coefficient (Wildman–Crippen LogP) is 2.28. The second kappa shape index (κ2) is 7.92. The Balaban J connectivity index is 1.63. The van der Waals surface area contributed by atoms with E-state index in [4.69, 9.17) is 10.6 Å². The summed E-state index contributed by atoms with van der Waals surface area (Å²) in [6.07, 6.45) is 0. The van der Waals surface area contributed by atoms with Crippen LogP contribution in [0.15, 0.2) is 59.1 Å². The molecule has 3 aromatic heterocycles. The maximum absolute atomic E-state index is 5.70. The van der Waals surface area contributed by atoms with Gasteiger partial charge in [0.1, 0.15) is 16.5 Å². The van der Waals surface area contributed by atoms with E-state index >= 15 is 0 Å². The number of hydrogen-bond donors (Lipinski definition) is 1. The van der Waals surface area contributed by atoms with Crippen LogP contribution in [-0.4, -0.2) is 35.9 Å². The number of aryl methyl sites for hydroxylation is 1. The maximum Gasteiger partial charge on any atom is 0.206 e. The molecular weight excluding hydrogens is 376 g/mol. The van der Waals surface area contributed by atoms with E-state index in [2.05, 4.69) is 30.6 Å². The van der Waals surface area contributed by atoms with Crippen molar-refractivity contribution in [3.63, 3.8) is 0 Å². The lowest BCUT2D eigenvalue weighted by Crippen LogP contribution is -2.12. The summed E-state index contributed by atoms with van der Waals surface area (Å²) in [5, 5.41) is 18.6. The molecule has 0 saturated heterocycles. The number of benzene rings is 1. The van der Waals surface area contributed by atoms with Crippen molar-refractivity contribution in [3.8, 4) is 10.6 Å². The Bertz CT molecular complexity index is 1110. The average molecular weight is 392 g/mol. The number of oxime groups is 1. The minimum Gasteiger partial charge on any atom is -0.389 e. The standard InChI is InChI=1S/C18H16N8OS/c1-26-17(22-24-25-26)16(23-27-10-13-8-5-9-15(19)20-13)14-11-28-18(21-14)12-6-3-2-4-7-12/h2-9,11H,10H2,1H3,(H2,19,20). The fourth-order valence-corrected chi connectivity index (χ4v) is 3.28. The molecule has 140 valence electrons. The van der Waals surface area contributed by atoms with Crippen molar-refractivity contribution in [3.05, 3.63) is 71.1 Å². The van der Waals surface area contributed by atoms with E-state index in [0.29, 0.717) is 28.7 Å². The summed E-state index contributed by atoms with van der Waals surface area (Å²) < 4.78 is 1.52. The van der Waals surface area contributed by atoms with Gasteiger partial charge in [-0.1, -0.05) is 41.6 Å². The van der Waals surface area contributed by atoms with Crippen LogP contribution < -0.4 is 5.73 Å². The summed E-state index contributed by atoms with van der Waals surface area (Å²) in [5.74, 6) is 0.875. The van der Waals surface area contributed by atoms with Gasteiger partial charge in [-0.25, -0.2) is 14.6 Å². The Morgan fingerprint density at radius 1 is 1.14 bits per heavy atom. The molecule has 0 aliphatic carbocycles. The van der Waals surface area contributed by atoms with Crippen LogP contribution in [0.1, 0.15) is 17.2 Å². The van der Waals surface area contributed by atoms with Crippen LogP contribution in [-0.2, 0) is 18.5 Å². The van der Waals surface area contributed by atoms with Gasteiger partial charge in [-0.2, -0.15) is 0 Å². The molecule has 0 atom stereocenters. The van der Waals surface area contributed by atoms with Gasteiger partial charge in [0.05, 0.1) is 5.69 Å². The lowest BCUT2D eigenvalue weighted by Gasteiger charge is -2.04. The molecule has 0 fully saturated rings. The molecule has 3 heterocycles. The lowest BCUT2D eigenvalue weighted by molar-refractivity contribution is 0.128. The number of rotatable bonds is 6. The van der Waals surface area contributed by atoms with Crippen molar-refractivity contribution in [1.82, 2.24) is 30.2 Å². The first-order valence-corrected chi connectivity index (χ1v) is 9.24. The topological polar surface area (TPSA) is 117 Å². The van der Waals surface area contributed by atoms with Gasteiger partial charge in [-0.15, -0.1) is 16.4 Å². The number of nitrogens with two attached hydrogens (primary N) is 1. The number of thiazole rings is 1. The number of nitrogen functional groups attached to an aromatic ring is 1. The first-order chi connectivity index (χ1) is 13.7. The fourth-order valence-electron chi connectivity index (χ4n) is 2.47. The van der Waals surface area contributed by atoms with Gasteiger partial charge < -0.3 is 10.6 Å². The molecule has 28 heavy (non-hydrogen) atoms. The molecule has 4 rings (SSSR count). The molecule has 0 aliphatic rings. The predicted molar refractivity (Wildman–Crippen MR) is 105 cm³/mol. The van der Waals surface area contributed by atoms with Gasteiger partial charge in [-0.3, -0.25) is 0 Å². The highest BCUT2D eigenvalue weighted by Gasteiger charge is 2.19. The summed E-state index contributed by atoms with van der Waals surface area (Å²) >= 11 is 1.51. The van der Waals surface area contributed by atoms with E-state index in [1.54, 1.807) is 13.1 Å². The summed E-state index contributed by atoms with van der Waals surface area (Å²) in [7, 11) is 1.73. The Kier molecular flexibility index (Phi) is 5.02. The first-order valence-electron chi connectivity index (χ1n) is 8.36. The summed E-state index contributed by atoms with van der Waals surface area (Å²) in [5.41, 5.74) is 8.46. The Labute approximate surface area is 164 Å². The van der Waals surface area contributed by atoms with Crippen LogP contribution in [0, 0.1) is 0 Å². The second-order valence-electron chi connectivity index (χ2n) is 5.80. The molecule has 10 heteroatoms. The SMILES string of the molecule is Cn1nnnc1C(=NOCc1cccc(N)n1)c1csc(-c2ccccc2)n1. The molecule has 4 aromatic rings. The molecule has 1 aromatic carbocycles. The molecule has 2 N–H and O–H groups in total. The minimum absolute atomic E-state index is 0.162. The molecule has 0 saturated carbocycles. The van der Waals surface area contributed by atoms with Crippen molar-refractivity contribution in [2.24, 2.45) is 12.2 Å². The van der Waals surface area contributed by atoms with Crippen molar-refractivity contribution in [1.29, 1.82) is 0 Å². The van der Waals surface area contributed by atoms with E-state index in [-0.39, 0.29) is 6.61 Å². The fraction of sp³-hybridized carbons (Fsp3) is 0.111. The van der Waals surface area contributed by atoms with Crippen molar-refractivity contribution >= 4 is 22.9 Å². The third kappa shape index (κ3) is 3.86. The van der Waals surface area contributed by atoms with E-state index in [1.165, 1.54) is 16.0 Å². The van der Waals surface area contributed by atoms with Gasteiger partial charge in [0.15, 0.2) is 12.3 Å². The lowest BCUT2D eigenvalue weighted by atomic mass is 10.2. The zero-order valence-electron chi connectivity index (χ0n) is 14.9. The van der Waals surface area contributed by atoms with E-state index in [0.717, 1.165) is 10.6 Å².